The Kier molecular flexibility index (Phi) is 2.23. The van der Waals surface area contributed by atoms with Crippen LogP contribution in [-0.4, -0.2) is 16.8 Å². The second kappa shape index (κ2) is 3.54. The van der Waals surface area contributed by atoms with Crippen molar-refractivity contribution in [3.8, 4) is 5.69 Å². The van der Waals surface area contributed by atoms with Crippen LogP contribution in [0.15, 0.2) is 36.7 Å². The standard InChI is InChI=1S/C11H13N3/c1-9-5-3-4-6-11(9)14-8-10(12-2)7-13-14/h3-8,12H,1-2H3. The second-order valence-electron chi connectivity index (χ2n) is 3.21. The van der Waals surface area contributed by atoms with Gasteiger partial charge in [-0.15, -0.1) is 0 Å². The van der Waals surface area contributed by atoms with Gasteiger partial charge in [0.1, 0.15) is 0 Å². The lowest BCUT2D eigenvalue weighted by molar-refractivity contribution is 0.873. The first-order valence-corrected chi connectivity index (χ1v) is 4.59. The van der Waals surface area contributed by atoms with Gasteiger partial charge in [0.2, 0.25) is 0 Å². The zero-order valence-corrected chi connectivity index (χ0v) is 8.36. The van der Waals surface area contributed by atoms with Crippen molar-refractivity contribution >= 4 is 5.69 Å². The molecule has 0 saturated heterocycles. The zero-order chi connectivity index (χ0) is 9.97. The highest BCUT2D eigenvalue weighted by atomic mass is 15.3. The average Bonchev–Trinajstić information content (AvgIpc) is 2.67. The summed E-state index contributed by atoms with van der Waals surface area (Å²) in [7, 11) is 1.89. The Morgan fingerprint density at radius 1 is 1.29 bits per heavy atom. The summed E-state index contributed by atoms with van der Waals surface area (Å²) < 4.78 is 1.88. The van der Waals surface area contributed by atoms with Crippen LogP contribution in [0.25, 0.3) is 5.69 Å². The van der Waals surface area contributed by atoms with E-state index in [0.29, 0.717) is 0 Å². The van der Waals surface area contributed by atoms with E-state index >= 15 is 0 Å². The maximum Gasteiger partial charge on any atom is 0.0728 e. The van der Waals surface area contributed by atoms with Crippen molar-refractivity contribution in [2.24, 2.45) is 0 Å². The maximum absolute atomic E-state index is 4.27. The third-order valence-corrected chi connectivity index (χ3v) is 2.23. The molecule has 0 amide bonds. The van der Waals surface area contributed by atoms with Gasteiger partial charge >= 0.3 is 0 Å². The maximum atomic E-state index is 4.27. The number of rotatable bonds is 2. The molecule has 1 N–H and O–H groups in total. The fraction of sp³-hybridized carbons (Fsp3) is 0.182. The Morgan fingerprint density at radius 3 is 2.71 bits per heavy atom. The summed E-state index contributed by atoms with van der Waals surface area (Å²) in [6, 6.07) is 8.18. The molecule has 0 aliphatic heterocycles. The van der Waals surface area contributed by atoms with Crippen molar-refractivity contribution in [1.82, 2.24) is 9.78 Å². The van der Waals surface area contributed by atoms with Gasteiger partial charge in [-0.25, -0.2) is 4.68 Å². The minimum absolute atomic E-state index is 1.02. The van der Waals surface area contributed by atoms with Gasteiger partial charge in [-0.1, -0.05) is 18.2 Å². The summed E-state index contributed by atoms with van der Waals surface area (Å²) in [4.78, 5) is 0. The van der Waals surface area contributed by atoms with E-state index in [2.05, 4.69) is 29.5 Å². The number of anilines is 1. The largest absolute Gasteiger partial charge is 0.386 e. The third kappa shape index (κ3) is 1.48. The van der Waals surface area contributed by atoms with E-state index < -0.39 is 0 Å². The lowest BCUT2D eigenvalue weighted by Crippen LogP contribution is -1.96. The first kappa shape index (κ1) is 8.81. The lowest BCUT2D eigenvalue weighted by atomic mass is 10.2. The van der Waals surface area contributed by atoms with Crippen LogP contribution in [0, 0.1) is 6.92 Å². The Morgan fingerprint density at radius 2 is 2.07 bits per heavy atom. The molecule has 0 bridgehead atoms. The topological polar surface area (TPSA) is 29.9 Å². The van der Waals surface area contributed by atoms with Crippen LogP contribution in [0.5, 0.6) is 0 Å². The van der Waals surface area contributed by atoms with Gasteiger partial charge in [-0.05, 0) is 18.6 Å². The molecular formula is C11H13N3. The summed E-state index contributed by atoms with van der Waals surface area (Å²) in [6.07, 6.45) is 3.79. The fourth-order valence-corrected chi connectivity index (χ4v) is 1.40. The predicted molar refractivity (Wildman–Crippen MR) is 57.8 cm³/mol. The van der Waals surface area contributed by atoms with E-state index in [0.717, 1.165) is 11.4 Å². The number of aromatic nitrogens is 2. The molecule has 0 saturated carbocycles. The van der Waals surface area contributed by atoms with Gasteiger partial charge in [-0.2, -0.15) is 5.10 Å². The third-order valence-electron chi connectivity index (χ3n) is 2.23. The van der Waals surface area contributed by atoms with Crippen LogP contribution in [0.1, 0.15) is 5.56 Å². The zero-order valence-electron chi connectivity index (χ0n) is 8.36. The molecule has 0 unspecified atom stereocenters. The van der Waals surface area contributed by atoms with Crippen LogP contribution in [-0.2, 0) is 0 Å². The minimum Gasteiger partial charge on any atom is -0.386 e. The molecule has 0 radical (unpaired) electrons. The molecule has 0 atom stereocenters. The van der Waals surface area contributed by atoms with E-state index in [1.54, 1.807) is 0 Å². The Bertz CT molecular complexity index is 432. The summed E-state index contributed by atoms with van der Waals surface area (Å²) >= 11 is 0. The minimum atomic E-state index is 1.02. The number of benzene rings is 1. The van der Waals surface area contributed by atoms with Gasteiger partial charge in [0.25, 0.3) is 0 Å². The fourth-order valence-electron chi connectivity index (χ4n) is 1.40. The van der Waals surface area contributed by atoms with Crippen molar-refractivity contribution in [3.63, 3.8) is 0 Å². The molecule has 3 nitrogen and oxygen atoms in total. The van der Waals surface area contributed by atoms with E-state index in [9.17, 15) is 0 Å². The quantitative estimate of drug-likeness (QED) is 0.781. The normalized spacial score (nSPS) is 10.1. The van der Waals surface area contributed by atoms with E-state index in [-0.39, 0.29) is 0 Å². The molecule has 14 heavy (non-hydrogen) atoms. The van der Waals surface area contributed by atoms with Crippen LogP contribution < -0.4 is 5.32 Å². The molecule has 1 heterocycles. The molecule has 0 aliphatic carbocycles. The monoisotopic (exact) mass is 187 g/mol. The van der Waals surface area contributed by atoms with E-state index in [4.69, 9.17) is 0 Å². The Labute approximate surface area is 83.4 Å². The molecule has 2 aromatic rings. The van der Waals surface area contributed by atoms with Gasteiger partial charge < -0.3 is 5.32 Å². The highest BCUT2D eigenvalue weighted by Crippen LogP contribution is 2.14. The molecular weight excluding hydrogens is 174 g/mol. The van der Waals surface area contributed by atoms with Crippen LogP contribution in [0.3, 0.4) is 0 Å². The van der Waals surface area contributed by atoms with Crippen molar-refractivity contribution in [2.45, 2.75) is 6.92 Å². The van der Waals surface area contributed by atoms with Gasteiger partial charge in [0, 0.05) is 7.05 Å². The highest BCUT2D eigenvalue weighted by Gasteiger charge is 2.01. The van der Waals surface area contributed by atoms with Crippen molar-refractivity contribution in [3.05, 3.63) is 42.2 Å². The molecule has 2 rings (SSSR count). The van der Waals surface area contributed by atoms with Crippen molar-refractivity contribution in [1.29, 1.82) is 0 Å². The Hall–Kier alpha value is -1.77. The first-order valence-electron chi connectivity index (χ1n) is 4.59. The number of hydrogen-bond acceptors (Lipinski definition) is 2. The number of para-hydroxylation sites is 1. The second-order valence-corrected chi connectivity index (χ2v) is 3.21. The number of nitrogens with zero attached hydrogens (tertiary/aromatic N) is 2. The van der Waals surface area contributed by atoms with Gasteiger partial charge in [-0.3, -0.25) is 0 Å². The smallest absolute Gasteiger partial charge is 0.0728 e. The van der Waals surface area contributed by atoms with Crippen LogP contribution in [0.4, 0.5) is 5.69 Å². The molecule has 3 heteroatoms. The SMILES string of the molecule is CNc1cnn(-c2ccccc2C)c1. The van der Waals surface area contributed by atoms with Crippen LogP contribution in [0.2, 0.25) is 0 Å². The summed E-state index contributed by atoms with van der Waals surface area (Å²) in [5.74, 6) is 0. The van der Waals surface area contributed by atoms with Crippen molar-refractivity contribution < 1.29 is 0 Å². The predicted octanol–water partition coefficient (Wildman–Crippen LogP) is 2.22. The highest BCUT2D eigenvalue weighted by molar-refractivity contribution is 5.44. The summed E-state index contributed by atoms with van der Waals surface area (Å²) in [5, 5.41) is 7.33. The van der Waals surface area contributed by atoms with Gasteiger partial charge in [0.15, 0.2) is 0 Å². The number of aryl methyl sites for hydroxylation is 1. The van der Waals surface area contributed by atoms with Gasteiger partial charge in [0.05, 0.1) is 23.8 Å². The summed E-state index contributed by atoms with van der Waals surface area (Å²) in [6.45, 7) is 2.08. The average molecular weight is 187 g/mol. The number of hydrogen-bond donors (Lipinski definition) is 1. The molecule has 72 valence electrons. The first-order chi connectivity index (χ1) is 6.81. The number of nitrogens with one attached hydrogen (secondary N) is 1. The van der Waals surface area contributed by atoms with Crippen LogP contribution >= 0.6 is 0 Å². The van der Waals surface area contributed by atoms with E-state index in [1.165, 1.54) is 5.56 Å². The molecule has 0 aliphatic rings. The lowest BCUT2D eigenvalue weighted by Gasteiger charge is -2.04. The molecule has 1 aromatic carbocycles. The van der Waals surface area contributed by atoms with E-state index in [1.807, 2.05) is 36.3 Å². The molecule has 1 aromatic heterocycles. The molecule has 0 fully saturated rings. The summed E-state index contributed by atoms with van der Waals surface area (Å²) in [5.41, 5.74) is 3.36. The van der Waals surface area contributed by atoms with Crippen molar-refractivity contribution in [2.75, 3.05) is 12.4 Å². The molecule has 0 spiro atoms. The Balaban J connectivity index is 2.44.